The zero-order valence-electron chi connectivity index (χ0n) is 25.9. The fourth-order valence-corrected chi connectivity index (χ4v) is 4.65. The van der Waals surface area contributed by atoms with E-state index in [-0.39, 0.29) is 12.2 Å². The lowest BCUT2D eigenvalue weighted by molar-refractivity contribution is -0.163. The Morgan fingerprint density at radius 2 is 1.62 bits per heavy atom. The summed E-state index contributed by atoms with van der Waals surface area (Å²) in [5.74, 6) is -9.87. The average Bonchev–Trinajstić information content (AvgIpc) is 3.01. The third-order valence-electron chi connectivity index (χ3n) is 7.01. The normalized spacial score (nSPS) is 20.6. The van der Waals surface area contributed by atoms with Crippen LogP contribution in [0.2, 0.25) is 0 Å². The molecule has 13 nitrogen and oxygen atoms in total. The quantitative estimate of drug-likeness (QED) is 0.319. The van der Waals surface area contributed by atoms with Gasteiger partial charge in [0.1, 0.15) is 12.1 Å². The first-order valence-electron chi connectivity index (χ1n) is 14.4. The Morgan fingerprint density at radius 3 is 2.22 bits per heavy atom. The van der Waals surface area contributed by atoms with E-state index in [2.05, 4.69) is 10.3 Å². The Labute approximate surface area is 260 Å². The molecular weight excluding hydrogens is 588 g/mol. The van der Waals surface area contributed by atoms with Crippen molar-refractivity contribution < 1.29 is 52.5 Å². The molecule has 1 aliphatic rings. The second kappa shape index (κ2) is 15.2. The van der Waals surface area contributed by atoms with Crippen molar-refractivity contribution in [3.8, 4) is 11.5 Å². The van der Waals surface area contributed by atoms with Gasteiger partial charge in [0, 0.05) is 18.7 Å². The molecule has 0 aliphatic heterocycles. The number of pyridine rings is 1. The lowest BCUT2D eigenvalue weighted by Crippen LogP contribution is -2.48. The van der Waals surface area contributed by atoms with Gasteiger partial charge in [-0.3, -0.25) is 28.8 Å². The van der Waals surface area contributed by atoms with Gasteiger partial charge in [-0.05, 0) is 25.8 Å². The van der Waals surface area contributed by atoms with Gasteiger partial charge in [-0.25, -0.2) is 9.78 Å². The van der Waals surface area contributed by atoms with Gasteiger partial charge in [0.15, 0.2) is 11.4 Å². The molecule has 1 aromatic carbocycles. The first kappa shape index (κ1) is 34.5. The van der Waals surface area contributed by atoms with Crippen LogP contribution in [-0.2, 0) is 39.9 Å². The molecule has 0 spiro atoms. The zero-order chi connectivity index (χ0) is 33.4. The Balaban J connectivity index is 2.00. The van der Waals surface area contributed by atoms with Crippen molar-refractivity contribution in [1.29, 1.82) is 0 Å². The van der Waals surface area contributed by atoms with Crippen LogP contribution in [0.1, 0.15) is 57.1 Å². The molecule has 1 N–H and O–H groups in total. The minimum atomic E-state index is -1.79. The highest BCUT2D eigenvalue weighted by Gasteiger charge is 2.46. The number of rotatable bonds is 9. The summed E-state index contributed by atoms with van der Waals surface area (Å²) in [6, 6.07) is 8.15. The molecule has 1 amide bonds. The lowest BCUT2D eigenvalue weighted by atomic mass is 9.81. The summed E-state index contributed by atoms with van der Waals surface area (Å²) in [7, 11) is 1.25. The van der Waals surface area contributed by atoms with Crippen LogP contribution in [0.3, 0.4) is 0 Å². The smallest absolute Gasteiger partial charge is 0.493 e. The van der Waals surface area contributed by atoms with Crippen molar-refractivity contribution in [2.24, 2.45) is 17.8 Å². The second-order valence-electron chi connectivity index (χ2n) is 11.1. The maximum Gasteiger partial charge on any atom is 0.514 e. The SMILES string of the molecule is COc1ccnc(C(=O)N[C@H]2CC(=O)C(=O)[C@H](Cc3ccccc3)[C@H](OC(=O)C(C)C)[C@H](C)C(=O)C2=O)c1OC(=O)OC(C)C. The molecule has 2 aromatic rings. The second-order valence-corrected chi connectivity index (χ2v) is 11.1. The van der Waals surface area contributed by atoms with Crippen molar-refractivity contribution in [2.75, 3.05) is 7.11 Å². The van der Waals surface area contributed by atoms with Gasteiger partial charge in [-0.15, -0.1) is 0 Å². The van der Waals surface area contributed by atoms with E-state index >= 15 is 0 Å². The molecule has 45 heavy (non-hydrogen) atoms. The largest absolute Gasteiger partial charge is 0.514 e. The molecule has 0 bridgehead atoms. The van der Waals surface area contributed by atoms with Crippen molar-refractivity contribution >= 4 is 41.2 Å². The number of ketones is 4. The van der Waals surface area contributed by atoms with Crippen LogP contribution in [0.4, 0.5) is 4.79 Å². The van der Waals surface area contributed by atoms with Gasteiger partial charge in [0.2, 0.25) is 28.9 Å². The van der Waals surface area contributed by atoms with E-state index in [1.54, 1.807) is 58.0 Å². The van der Waals surface area contributed by atoms with Crippen LogP contribution in [0.15, 0.2) is 42.6 Å². The number of ether oxygens (including phenoxy) is 4. The summed E-state index contributed by atoms with van der Waals surface area (Å²) in [5, 5.41) is 2.29. The third kappa shape index (κ3) is 8.58. The first-order chi connectivity index (χ1) is 21.2. The van der Waals surface area contributed by atoms with Crippen LogP contribution in [-0.4, -0.2) is 71.5 Å². The summed E-state index contributed by atoms with van der Waals surface area (Å²) in [6.07, 6.45) is -2.89. The molecule has 4 atom stereocenters. The van der Waals surface area contributed by atoms with E-state index in [4.69, 9.17) is 18.9 Å². The first-order valence-corrected chi connectivity index (χ1v) is 14.4. The standard InChI is InChI=1S/C32H36N2O11/c1-16(2)31(40)44-28-18(5)25(36)27(38)21(15-22(35)26(37)20(28)14-19-10-8-7-9-11-19)34-30(39)24-29(23(42-6)12-13-33-24)45-32(41)43-17(3)4/h7-13,16-18,20-21,28H,14-15H2,1-6H3,(H,34,39)/t18-,20+,21+,28-/m1/s1. The van der Waals surface area contributed by atoms with E-state index in [0.29, 0.717) is 5.56 Å². The van der Waals surface area contributed by atoms with Gasteiger partial charge < -0.3 is 24.3 Å². The number of Topliss-reactive ketones (excluding diaryl/α,β-unsaturated/α-hetero) is 4. The van der Waals surface area contributed by atoms with Gasteiger partial charge in [-0.1, -0.05) is 51.1 Å². The maximum atomic E-state index is 13.6. The lowest BCUT2D eigenvalue weighted by Gasteiger charge is -2.29. The Hall–Kier alpha value is -4.94. The number of carbonyl (C=O) groups is 7. The number of hydrogen-bond acceptors (Lipinski definition) is 12. The molecule has 3 rings (SSSR count). The molecular formula is C32H36N2O11. The molecule has 240 valence electrons. The van der Waals surface area contributed by atoms with Gasteiger partial charge in [0.05, 0.1) is 31.0 Å². The molecule has 0 saturated heterocycles. The number of esters is 1. The highest BCUT2D eigenvalue weighted by atomic mass is 16.7. The molecule has 13 heteroatoms. The highest BCUT2D eigenvalue weighted by molar-refractivity contribution is 6.44. The summed E-state index contributed by atoms with van der Waals surface area (Å²) in [6.45, 7) is 7.61. The van der Waals surface area contributed by atoms with E-state index < -0.39 is 95.0 Å². The predicted octanol–water partition coefficient (Wildman–Crippen LogP) is 2.86. The summed E-state index contributed by atoms with van der Waals surface area (Å²) in [5.41, 5.74) is 0.115. The number of hydrogen-bond donors (Lipinski definition) is 1. The van der Waals surface area contributed by atoms with Gasteiger partial charge in [-0.2, -0.15) is 0 Å². The van der Waals surface area contributed by atoms with Crippen LogP contribution < -0.4 is 14.8 Å². The Kier molecular flexibility index (Phi) is 11.7. The van der Waals surface area contributed by atoms with E-state index in [9.17, 15) is 33.6 Å². The molecule has 1 fully saturated rings. The van der Waals surface area contributed by atoms with Crippen LogP contribution >= 0.6 is 0 Å². The Morgan fingerprint density at radius 1 is 0.956 bits per heavy atom. The van der Waals surface area contributed by atoms with Gasteiger partial charge >= 0.3 is 12.1 Å². The van der Waals surface area contributed by atoms with Crippen molar-refractivity contribution in [1.82, 2.24) is 10.3 Å². The average molecular weight is 625 g/mol. The summed E-state index contributed by atoms with van der Waals surface area (Å²) in [4.78, 5) is 96.3. The third-order valence-corrected chi connectivity index (χ3v) is 7.01. The van der Waals surface area contributed by atoms with Crippen molar-refractivity contribution in [3.05, 3.63) is 53.9 Å². The van der Waals surface area contributed by atoms with Gasteiger partial charge in [0.25, 0.3) is 5.91 Å². The predicted molar refractivity (Wildman–Crippen MR) is 156 cm³/mol. The number of carbonyl (C=O) groups excluding carboxylic acids is 7. The Bertz CT molecular complexity index is 1470. The summed E-state index contributed by atoms with van der Waals surface area (Å²) >= 11 is 0. The van der Waals surface area contributed by atoms with E-state index in [0.717, 1.165) is 0 Å². The summed E-state index contributed by atoms with van der Waals surface area (Å²) < 4.78 is 20.9. The topological polar surface area (TPSA) is 181 Å². The van der Waals surface area contributed by atoms with Crippen LogP contribution in [0.25, 0.3) is 0 Å². The molecule has 1 aromatic heterocycles. The molecule has 1 saturated carbocycles. The fourth-order valence-electron chi connectivity index (χ4n) is 4.65. The van der Waals surface area contributed by atoms with E-state index in [1.807, 2.05) is 0 Å². The molecule has 0 unspecified atom stereocenters. The maximum absolute atomic E-state index is 13.6. The number of benzene rings is 1. The molecule has 1 heterocycles. The number of methoxy groups -OCH3 is 1. The van der Waals surface area contributed by atoms with Crippen molar-refractivity contribution in [2.45, 2.75) is 65.7 Å². The zero-order valence-corrected chi connectivity index (χ0v) is 25.9. The minimum Gasteiger partial charge on any atom is -0.493 e. The highest BCUT2D eigenvalue weighted by Crippen LogP contribution is 2.31. The number of nitrogens with zero attached hydrogens (tertiary/aromatic N) is 1. The minimum absolute atomic E-state index is 0.0504. The van der Waals surface area contributed by atoms with Crippen LogP contribution in [0.5, 0.6) is 11.5 Å². The number of amides is 1. The number of aromatic nitrogens is 1. The molecule has 0 radical (unpaired) electrons. The van der Waals surface area contributed by atoms with E-state index in [1.165, 1.54) is 26.3 Å². The van der Waals surface area contributed by atoms with Crippen molar-refractivity contribution in [3.63, 3.8) is 0 Å². The monoisotopic (exact) mass is 624 g/mol. The molecule has 1 aliphatic carbocycles. The fraction of sp³-hybridized carbons (Fsp3) is 0.438. The number of nitrogens with one attached hydrogen (secondary N) is 1. The van der Waals surface area contributed by atoms with Crippen LogP contribution in [0, 0.1) is 17.8 Å².